The molecule has 1 aromatic rings. The highest BCUT2D eigenvalue weighted by Crippen LogP contribution is 2.20. The zero-order chi connectivity index (χ0) is 13.8. The minimum absolute atomic E-state index is 0.157. The van der Waals surface area contributed by atoms with E-state index in [4.69, 9.17) is 5.73 Å². The van der Waals surface area contributed by atoms with E-state index in [0.29, 0.717) is 6.42 Å². The lowest BCUT2D eigenvalue weighted by Crippen LogP contribution is -2.29. The summed E-state index contributed by atoms with van der Waals surface area (Å²) in [5.41, 5.74) is 5.62. The molecule has 1 aromatic carbocycles. The molecule has 0 aliphatic carbocycles. The molecular weight excluding hydrogens is 256 g/mol. The Balaban J connectivity index is 2.94. The molecule has 0 radical (unpaired) electrons. The van der Waals surface area contributed by atoms with Gasteiger partial charge in [-0.2, -0.15) is 0 Å². The van der Waals surface area contributed by atoms with E-state index in [1.807, 2.05) is 0 Å². The van der Waals surface area contributed by atoms with E-state index < -0.39 is 20.8 Å². The Kier molecular flexibility index (Phi) is 4.80. The van der Waals surface area contributed by atoms with E-state index in [-0.39, 0.29) is 22.8 Å². The Labute approximate surface area is 106 Å². The van der Waals surface area contributed by atoms with Crippen LogP contribution >= 0.6 is 0 Å². The number of nitro groups is 1. The molecule has 0 saturated carbocycles. The third-order valence-corrected chi connectivity index (χ3v) is 4.24. The summed E-state index contributed by atoms with van der Waals surface area (Å²) < 4.78 is 23.7. The molecule has 7 heteroatoms. The van der Waals surface area contributed by atoms with E-state index in [2.05, 4.69) is 0 Å². The maximum atomic E-state index is 11.8. The van der Waals surface area contributed by atoms with Crippen molar-refractivity contribution in [3.8, 4) is 0 Å². The molecule has 100 valence electrons. The van der Waals surface area contributed by atoms with Gasteiger partial charge in [0.1, 0.15) is 0 Å². The second kappa shape index (κ2) is 5.92. The Morgan fingerprint density at radius 3 is 2.56 bits per heavy atom. The largest absolute Gasteiger partial charge is 0.327 e. The number of hydrogen-bond donors (Lipinski definition) is 1. The minimum atomic E-state index is -3.43. The van der Waals surface area contributed by atoms with Crippen LogP contribution in [-0.4, -0.2) is 25.1 Å². The van der Waals surface area contributed by atoms with Gasteiger partial charge in [-0.15, -0.1) is 0 Å². The normalized spacial score (nSPS) is 13.2. The van der Waals surface area contributed by atoms with Crippen LogP contribution in [0.4, 0.5) is 5.69 Å². The van der Waals surface area contributed by atoms with Gasteiger partial charge < -0.3 is 5.73 Å². The third-order valence-electron chi connectivity index (χ3n) is 2.56. The van der Waals surface area contributed by atoms with Crippen molar-refractivity contribution in [1.82, 2.24) is 0 Å². The van der Waals surface area contributed by atoms with Crippen molar-refractivity contribution in [2.45, 2.75) is 25.1 Å². The van der Waals surface area contributed by atoms with Crippen molar-refractivity contribution in [2.75, 3.05) is 5.75 Å². The zero-order valence-corrected chi connectivity index (χ0v) is 10.9. The lowest BCUT2D eigenvalue weighted by atomic mass is 10.2. The number of sulfone groups is 1. The molecule has 0 spiro atoms. The second-order valence-corrected chi connectivity index (χ2v) is 6.22. The van der Waals surface area contributed by atoms with Crippen LogP contribution in [0, 0.1) is 10.1 Å². The fraction of sp³-hybridized carbons (Fsp3) is 0.455. The summed E-state index contributed by atoms with van der Waals surface area (Å²) in [7, 11) is -3.43. The summed E-state index contributed by atoms with van der Waals surface area (Å²) in [6, 6.07) is 5.40. The van der Waals surface area contributed by atoms with E-state index in [1.165, 1.54) is 18.2 Å². The molecule has 0 amide bonds. The first-order chi connectivity index (χ1) is 8.35. The highest BCUT2D eigenvalue weighted by molar-refractivity contribution is 7.90. The van der Waals surface area contributed by atoms with E-state index in [0.717, 1.165) is 0 Å². The quantitative estimate of drug-likeness (QED) is 0.620. The number of para-hydroxylation sites is 1. The van der Waals surface area contributed by atoms with Crippen LogP contribution in [0.3, 0.4) is 0 Å². The number of nitrogens with zero attached hydrogens (tertiary/aromatic N) is 1. The standard InChI is InChI=1S/C11H16N2O4S/c1-2-10(12)8-18(16,17)7-9-5-3-4-6-11(9)13(14)15/h3-6,10H,2,7-8,12H2,1H3. The van der Waals surface area contributed by atoms with Gasteiger partial charge in [0.2, 0.25) is 0 Å². The molecular formula is C11H16N2O4S. The number of rotatable bonds is 6. The molecule has 0 aliphatic rings. The maximum Gasteiger partial charge on any atom is 0.273 e. The van der Waals surface area contributed by atoms with Crippen molar-refractivity contribution >= 4 is 15.5 Å². The average molecular weight is 272 g/mol. The van der Waals surface area contributed by atoms with Crippen molar-refractivity contribution in [3.63, 3.8) is 0 Å². The van der Waals surface area contributed by atoms with Crippen LogP contribution in [0.1, 0.15) is 18.9 Å². The Morgan fingerprint density at radius 1 is 1.39 bits per heavy atom. The Bertz CT molecular complexity index is 528. The first-order valence-electron chi connectivity index (χ1n) is 5.54. The van der Waals surface area contributed by atoms with Crippen LogP contribution in [0.2, 0.25) is 0 Å². The van der Waals surface area contributed by atoms with E-state index >= 15 is 0 Å². The molecule has 1 rings (SSSR count). The van der Waals surface area contributed by atoms with Gasteiger partial charge in [0.05, 0.1) is 16.4 Å². The summed E-state index contributed by atoms with van der Waals surface area (Å²) in [5, 5.41) is 10.8. The van der Waals surface area contributed by atoms with Gasteiger partial charge in [0.25, 0.3) is 5.69 Å². The number of hydrogen-bond acceptors (Lipinski definition) is 5. The smallest absolute Gasteiger partial charge is 0.273 e. The zero-order valence-electron chi connectivity index (χ0n) is 10.1. The lowest BCUT2D eigenvalue weighted by Gasteiger charge is -2.09. The Hall–Kier alpha value is -1.47. The summed E-state index contributed by atoms with van der Waals surface area (Å²) in [6.07, 6.45) is 0.552. The van der Waals surface area contributed by atoms with Crippen LogP contribution in [0.5, 0.6) is 0 Å². The minimum Gasteiger partial charge on any atom is -0.327 e. The number of nitro benzene ring substituents is 1. The van der Waals surface area contributed by atoms with Crippen molar-refractivity contribution in [3.05, 3.63) is 39.9 Å². The predicted octanol–water partition coefficient (Wildman–Crippen LogP) is 1.25. The molecule has 1 atom stereocenters. The van der Waals surface area contributed by atoms with Gasteiger partial charge in [-0.25, -0.2) is 8.42 Å². The van der Waals surface area contributed by atoms with Gasteiger partial charge in [-0.05, 0) is 6.42 Å². The highest BCUT2D eigenvalue weighted by atomic mass is 32.2. The van der Waals surface area contributed by atoms with Crippen molar-refractivity contribution in [1.29, 1.82) is 0 Å². The van der Waals surface area contributed by atoms with Crippen molar-refractivity contribution in [2.24, 2.45) is 5.73 Å². The molecule has 0 fully saturated rings. The van der Waals surface area contributed by atoms with Gasteiger partial charge >= 0.3 is 0 Å². The second-order valence-electron chi connectivity index (χ2n) is 4.11. The summed E-state index contributed by atoms with van der Waals surface area (Å²) in [6.45, 7) is 1.80. The molecule has 0 aliphatic heterocycles. The van der Waals surface area contributed by atoms with Gasteiger partial charge in [-0.3, -0.25) is 10.1 Å². The molecule has 18 heavy (non-hydrogen) atoms. The molecule has 0 heterocycles. The monoisotopic (exact) mass is 272 g/mol. The fourth-order valence-electron chi connectivity index (χ4n) is 1.55. The predicted molar refractivity (Wildman–Crippen MR) is 68.9 cm³/mol. The Morgan fingerprint density at radius 2 is 2.00 bits per heavy atom. The first-order valence-corrected chi connectivity index (χ1v) is 7.36. The summed E-state index contributed by atoms with van der Waals surface area (Å²) in [5.74, 6) is -0.507. The van der Waals surface area contributed by atoms with Crippen molar-refractivity contribution < 1.29 is 13.3 Å². The lowest BCUT2D eigenvalue weighted by molar-refractivity contribution is -0.385. The average Bonchev–Trinajstić information content (AvgIpc) is 2.28. The number of nitrogens with two attached hydrogens (primary N) is 1. The summed E-state index contributed by atoms with van der Waals surface area (Å²) >= 11 is 0. The van der Waals surface area contributed by atoms with E-state index in [9.17, 15) is 18.5 Å². The van der Waals surface area contributed by atoms with E-state index in [1.54, 1.807) is 13.0 Å². The highest BCUT2D eigenvalue weighted by Gasteiger charge is 2.21. The van der Waals surface area contributed by atoms with Crippen LogP contribution in [0.25, 0.3) is 0 Å². The van der Waals surface area contributed by atoms with Gasteiger partial charge in [-0.1, -0.05) is 25.1 Å². The number of benzene rings is 1. The molecule has 1 unspecified atom stereocenters. The summed E-state index contributed by atoms with van der Waals surface area (Å²) in [4.78, 5) is 10.2. The van der Waals surface area contributed by atoms with Gasteiger partial charge in [0.15, 0.2) is 9.84 Å². The van der Waals surface area contributed by atoms with Crippen LogP contribution in [-0.2, 0) is 15.6 Å². The molecule has 6 nitrogen and oxygen atoms in total. The molecule has 0 saturated heterocycles. The fourth-order valence-corrected chi connectivity index (χ4v) is 3.27. The SMILES string of the molecule is CCC(N)CS(=O)(=O)Cc1ccccc1[N+](=O)[O-]. The molecule has 0 bridgehead atoms. The maximum absolute atomic E-state index is 11.8. The van der Waals surface area contributed by atoms with Crippen LogP contribution < -0.4 is 5.73 Å². The van der Waals surface area contributed by atoms with Gasteiger partial charge in [0, 0.05) is 17.7 Å². The first kappa shape index (κ1) is 14.6. The molecule has 0 aromatic heterocycles. The molecule has 2 N–H and O–H groups in total. The topological polar surface area (TPSA) is 103 Å². The van der Waals surface area contributed by atoms with Crippen LogP contribution in [0.15, 0.2) is 24.3 Å². The third kappa shape index (κ3) is 4.08.